The van der Waals surface area contributed by atoms with Crippen LogP contribution in [0.15, 0.2) is 43.0 Å². The number of rotatable bonds is 4. The molecule has 2 N–H and O–H groups in total. The summed E-state index contributed by atoms with van der Waals surface area (Å²) in [5.74, 6) is 0. The zero-order valence-electron chi connectivity index (χ0n) is 14.9. The molecule has 4 aromatic rings. The molecule has 0 spiro atoms. The summed E-state index contributed by atoms with van der Waals surface area (Å²) >= 11 is 1.66. The highest BCUT2D eigenvalue weighted by atomic mass is 32.1. The summed E-state index contributed by atoms with van der Waals surface area (Å²) in [4.78, 5) is 13.2. The number of aliphatic hydroxyl groups excluding tert-OH is 1. The van der Waals surface area contributed by atoms with Crippen molar-refractivity contribution in [1.82, 2.24) is 19.4 Å². The summed E-state index contributed by atoms with van der Waals surface area (Å²) in [7, 11) is 0. The molecule has 2 atom stereocenters. The van der Waals surface area contributed by atoms with Gasteiger partial charge in [0, 0.05) is 30.7 Å². The van der Waals surface area contributed by atoms with Crippen LogP contribution >= 0.6 is 11.3 Å². The van der Waals surface area contributed by atoms with Crippen molar-refractivity contribution in [2.45, 2.75) is 44.2 Å². The number of aromatic nitrogens is 4. The standard InChI is InChI=1S/C20H21N5OS/c26-17-4-2-1-3-15(17)23-20-24-16-6-5-13(10-18(16)27-20)9-14-11-22-19-12-21-7-8-25(14)19/h5-8,10-12,15,17,26H,1-4,9H2,(H,23,24)/t15-,17-/m1/s1. The number of nitrogens with one attached hydrogen (secondary N) is 1. The van der Waals surface area contributed by atoms with Crippen LogP contribution < -0.4 is 5.32 Å². The van der Waals surface area contributed by atoms with Gasteiger partial charge in [0.25, 0.3) is 0 Å². The summed E-state index contributed by atoms with van der Waals surface area (Å²) in [5.41, 5.74) is 4.23. The molecule has 6 nitrogen and oxygen atoms in total. The van der Waals surface area contributed by atoms with Crippen molar-refractivity contribution >= 4 is 32.3 Å². The molecule has 0 saturated heterocycles. The Balaban J connectivity index is 1.39. The van der Waals surface area contributed by atoms with Gasteiger partial charge in [-0.3, -0.25) is 4.98 Å². The van der Waals surface area contributed by atoms with E-state index < -0.39 is 0 Å². The Kier molecular flexibility index (Phi) is 4.26. The molecule has 0 unspecified atom stereocenters. The first-order valence-corrected chi connectivity index (χ1v) is 10.2. The number of benzene rings is 1. The molecular weight excluding hydrogens is 358 g/mol. The third-order valence-electron chi connectivity index (χ3n) is 5.27. The maximum absolute atomic E-state index is 10.2. The molecule has 1 fully saturated rings. The second-order valence-corrected chi connectivity index (χ2v) is 8.19. The number of aliphatic hydroxyl groups is 1. The van der Waals surface area contributed by atoms with Gasteiger partial charge in [-0.1, -0.05) is 30.2 Å². The minimum atomic E-state index is -0.272. The summed E-state index contributed by atoms with van der Waals surface area (Å²) in [6.07, 6.45) is 12.1. The lowest BCUT2D eigenvalue weighted by molar-refractivity contribution is 0.116. The highest BCUT2D eigenvalue weighted by Crippen LogP contribution is 2.30. The fourth-order valence-electron chi connectivity index (χ4n) is 3.81. The number of thiazole rings is 1. The second kappa shape index (κ2) is 6.90. The van der Waals surface area contributed by atoms with Gasteiger partial charge in [-0.05, 0) is 30.5 Å². The topological polar surface area (TPSA) is 75.3 Å². The van der Waals surface area contributed by atoms with Gasteiger partial charge in [-0.2, -0.15) is 0 Å². The van der Waals surface area contributed by atoms with E-state index in [1.807, 2.05) is 12.4 Å². The number of hydrogen-bond donors (Lipinski definition) is 2. The minimum Gasteiger partial charge on any atom is -0.391 e. The van der Waals surface area contributed by atoms with E-state index >= 15 is 0 Å². The van der Waals surface area contributed by atoms with Gasteiger partial charge in [0.15, 0.2) is 10.8 Å². The zero-order valence-corrected chi connectivity index (χ0v) is 15.7. The van der Waals surface area contributed by atoms with E-state index in [-0.39, 0.29) is 12.1 Å². The van der Waals surface area contributed by atoms with Crippen LogP contribution in [-0.4, -0.2) is 36.6 Å². The van der Waals surface area contributed by atoms with Gasteiger partial charge in [-0.15, -0.1) is 0 Å². The molecule has 7 heteroatoms. The Morgan fingerprint density at radius 2 is 2.15 bits per heavy atom. The van der Waals surface area contributed by atoms with E-state index in [1.165, 1.54) is 12.0 Å². The number of fused-ring (bicyclic) bond motifs is 2. The molecule has 1 aliphatic rings. The van der Waals surface area contributed by atoms with Crippen molar-refractivity contribution in [2.75, 3.05) is 5.32 Å². The number of hydrogen-bond acceptors (Lipinski definition) is 6. The maximum atomic E-state index is 10.2. The number of imidazole rings is 1. The normalized spacial score (nSPS) is 20.3. The van der Waals surface area contributed by atoms with Gasteiger partial charge >= 0.3 is 0 Å². The largest absolute Gasteiger partial charge is 0.391 e. The summed E-state index contributed by atoms with van der Waals surface area (Å²) in [6, 6.07) is 6.53. The highest BCUT2D eigenvalue weighted by Gasteiger charge is 2.23. The monoisotopic (exact) mass is 379 g/mol. The first-order valence-electron chi connectivity index (χ1n) is 9.36. The molecule has 138 valence electrons. The van der Waals surface area contributed by atoms with Crippen LogP contribution in [0.4, 0.5) is 5.13 Å². The third kappa shape index (κ3) is 3.28. The predicted molar refractivity (Wildman–Crippen MR) is 107 cm³/mol. The smallest absolute Gasteiger partial charge is 0.184 e. The molecule has 1 aliphatic carbocycles. The van der Waals surface area contributed by atoms with Crippen molar-refractivity contribution in [2.24, 2.45) is 0 Å². The molecule has 27 heavy (non-hydrogen) atoms. The van der Waals surface area contributed by atoms with Crippen LogP contribution in [0.1, 0.15) is 36.9 Å². The van der Waals surface area contributed by atoms with E-state index in [1.54, 1.807) is 23.7 Å². The summed E-state index contributed by atoms with van der Waals surface area (Å²) < 4.78 is 3.23. The van der Waals surface area contributed by atoms with Crippen molar-refractivity contribution in [1.29, 1.82) is 0 Å². The minimum absolute atomic E-state index is 0.116. The van der Waals surface area contributed by atoms with Crippen LogP contribution in [-0.2, 0) is 6.42 Å². The Hall–Kier alpha value is -2.51. The molecule has 1 aromatic carbocycles. The Morgan fingerprint density at radius 1 is 1.22 bits per heavy atom. The van der Waals surface area contributed by atoms with Crippen molar-refractivity contribution in [3.05, 3.63) is 54.2 Å². The second-order valence-electron chi connectivity index (χ2n) is 7.15. The van der Waals surface area contributed by atoms with Gasteiger partial charge in [0.1, 0.15) is 0 Å². The van der Waals surface area contributed by atoms with E-state index in [0.29, 0.717) is 0 Å². The van der Waals surface area contributed by atoms with Crippen LogP contribution in [0, 0.1) is 0 Å². The van der Waals surface area contributed by atoms with Gasteiger partial charge in [-0.25, -0.2) is 9.97 Å². The van der Waals surface area contributed by atoms with Gasteiger partial charge in [0.05, 0.1) is 28.6 Å². The van der Waals surface area contributed by atoms with E-state index in [0.717, 1.165) is 52.4 Å². The lowest BCUT2D eigenvalue weighted by atomic mass is 9.93. The van der Waals surface area contributed by atoms with Gasteiger partial charge in [0.2, 0.25) is 0 Å². The van der Waals surface area contributed by atoms with Crippen LogP contribution in [0.5, 0.6) is 0 Å². The van der Waals surface area contributed by atoms with Gasteiger partial charge < -0.3 is 14.8 Å². The maximum Gasteiger partial charge on any atom is 0.184 e. The average Bonchev–Trinajstić information content (AvgIpc) is 3.27. The molecule has 0 radical (unpaired) electrons. The molecule has 3 aromatic heterocycles. The number of anilines is 1. The van der Waals surface area contributed by atoms with Crippen molar-refractivity contribution < 1.29 is 5.11 Å². The lowest BCUT2D eigenvalue weighted by Gasteiger charge is -2.27. The van der Waals surface area contributed by atoms with E-state index in [4.69, 9.17) is 4.98 Å². The predicted octanol–water partition coefficient (Wildman–Crippen LogP) is 3.65. The average molecular weight is 379 g/mol. The quantitative estimate of drug-likeness (QED) is 0.566. The molecular formula is C20H21N5OS. The van der Waals surface area contributed by atoms with E-state index in [2.05, 4.69) is 37.9 Å². The molecule has 3 heterocycles. The summed E-state index contributed by atoms with van der Waals surface area (Å²) in [6.45, 7) is 0. The number of nitrogens with zero attached hydrogens (tertiary/aromatic N) is 4. The molecule has 0 bridgehead atoms. The van der Waals surface area contributed by atoms with Crippen LogP contribution in [0.2, 0.25) is 0 Å². The third-order valence-corrected chi connectivity index (χ3v) is 6.22. The molecule has 0 amide bonds. The van der Waals surface area contributed by atoms with Crippen LogP contribution in [0.3, 0.4) is 0 Å². The Morgan fingerprint density at radius 3 is 3.07 bits per heavy atom. The highest BCUT2D eigenvalue weighted by molar-refractivity contribution is 7.22. The van der Waals surface area contributed by atoms with Crippen LogP contribution in [0.25, 0.3) is 15.9 Å². The Bertz CT molecular complexity index is 1090. The summed E-state index contributed by atoms with van der Waals surface area (Å²) in [5, 5.41) is 14.5. The Labute approximate surface area is 160 Å². The lowest BCUT2D eigenvalue weighted by Crippen LogP contribution is -2.36. The SMILES string of the molecule is O[C@@H]1CCCC[C@H]1Nc1nc2ccc(Cc3cnc4cnccn34)cc2s1. The van der Waals surface area contributed by atoms with Crippen molar-refractivity contribution in [3.63, 3.8) is 0 Å². The zero-order chi connectivity index (χ0) is 18.2. The molecule has 1 saturated carbocycles. The fourth-order valence-corrected chi connectivity index (χ4v) is 4.80. The van der Waals surface area contributed by atoms with Crippen molar-refractivity contribution in [3.8, 4) is 0 Å². The van der Waals surface area contributed by atoms with E-state index in [9.17, 15) is 5.11 Å². The first-order chi connectivity index (χ1) is 13.3. The molecule has 0 aliphatic heterocycles. The fraction of sp³-hybridized carbons (Fsp3) is 0.350. The first kappa shape index (κ1) is 16.6. The molecule has 5 rings (SSSR count).